The van der Waals surface area contributed by atoms with Crippen LogP contribution in [0.3, 0.4) is 0 Å². The molecule has 3 N–H and O–H groups in total. The highest BCUT2D eigenvalue weighted by atomic mass is 32.2. The van der Waals surface area contributed by atoms with E-state index >= 15 is 0 Å². The van der Waals surface area contributed by atoms with Crippen molar-refractivity contribution in [2.24, 2.45) is 0 Å². The van der Waals surface area contributed by atoms with E-state index in [1.807, 2.05) is 0 Å². The normalized spacial score (nSPS) is 12.4. The summed E-state index contributed by atoms with van der Waals surface area (Å²) in [4.78, 5) is 7.66. The van der Waals surface area contributed by atoms with Gasteiger partial charge in [-0.25, -0.2) is 26.5 Å². The van der Waals surface area contributed by atoms with Crippen LogP contribution >= 0.6 is 0 Å². The van der Waals surface area contributed by atoms with E-state index in [-0.39, 0.29) is 9.79 Å². The van der Waals surface area contributed by atoms with E-state index in [1.165, 1.54) is 31.3 Å². The minimum atomic E-state index is -3.86. The van der Waals surface area contributed by atoms with Gasteiger partial charge in [0.25, 0.3) is 10.0 Å². The number of benzene rings is 2. The lowest BCUT2D eigenvalue weighted by Crippen LogP contribution is -2.19. The summed E-state index contributed by atoms with van der Waals surface area (Å²) in [5.41, 5.74) is 1.92. The molecule has 0 bridgehead atoms. The molecule has 0 amide bonds. The lowest BCUT2D eigenvalue weighted by Gasteiger charge is -2.09. The van der Waals surface area contributed by atoms with Crippen molar-refractivity contribution in [1.82, 2.24) is 14.7 Å². The summed E-state index contributed by atoms with van der Waals surface area (Å²) in [7, 11) is -6.19. The summed E-state index contributed by atoms with van der Waals surface area (Å²) in [5.74, 6) is 0.873. The number of hydrogen-bond acceptors (Lipinski definition) is 5. The van der Waals surface area contributed by atoms with Crippen molar-refractivity contribution < 1.29 is 16.8 Å². The molecule has 3 rings (SSSR count). The van der Waals surface area contributed by atoms with Gasteiger partial charge < -0.3 is 4.98 Å². The largest absolute Gasteiger partial charge is 0.342 e. The molecule has 0 saturated heterocycles. The minimum absolute atomic E-state index is 0.00700. The fourth-order valence-electron chi connectivity index (χ4n) is 2.72. The van der Waals surface area contributed by atoms with Crippen molar-refractivity contribution in [3.05, 3.63) is 48.3 Å². The molecule has 2 aromatic carbocycles. The Morgan fingerprint density at radius 1 is 0.964 bits per heavy atom. The average molecular weight is 423 g/mol. The summed E-state index contributed by atoms with van der Waals surface area (Å²) in [6.07, 6.45) is 2.93. The smallest absolute Gasteiger partial charge is 0.261 e. The van der Waals surface area contributed by atoms with E-state index in [9.17, 15) is 16.8 Å². The van der Waals surface area contributed by atoms with Crippen molar-refractivity contribution in [1.29, 1.82) is 0 Å². The second kappa shape index (κ2) is 7.90. The third-order valence-corrected chi connectivity index (χ3v) is 7.09. The highest BCUT2D eigenvalue weighted by molar-refractivity contribution is 7.92. The summed E-state index contributed by atoms with van der Waals surface area (Å²) < 4.78 is 53.4. The molecule has 0 aliphatic rings. The van der Waals surface area contributed by atoms with E-state index in [4.69, 9.17) is 0 Å². The maximum Gasteiger partial charge on any atom is 0.261 e. The van der Waals surface area contributed by atoms with Gasteiger partial charge >= 0.3 is 0 Å². The van der Waals surface area contributed by atoms with Crippen LogP contribution in [0, 0.1) is 0 Å². The fraction of sp³-hybridized carbons (Fsp3) is 0.278. The van der Waals surface area contributed by atoms with Gasteiger partial charge in [-0.15, -0.1) is 0 Å². The molecule has 0 unspecified atom stereocenters. The number of imidazole rings is 1. The summed E-state index contributed by atoms with van der Waals surface area (Å²) in [5, 5.41) is 0. The van der Waals surface area contributed by atoms with Gasteiger partial charge in [0.05, 0.1) is 26.5 Å². The number of rotatable bonds is 8. The third kappa shape index (κ3) is 4.34. The fourth-order valence-corrected chi connectivity index (χ4v) is 4.50. The number of hydrogen-bond donors (Lipinski definition) is 3. The Labute approximate surface area is 164 Å². The molecule has 0 spiro atoms. The zero-order chi connectivity index (χ0) is 20.4. The van der Waals surface area contributed by atoms with Gasteiger partial charge in [-0.05, 0) is 55.9 Å². The molecule has 0 fully saturated rings. The quantitative estimate of drug-likeness (QED) is 0.515. The number of anilines is 1. The maximum absolute atomic E-state index is 12.6. The molecule has 150 valence electrons. The molecule has 1 aromatic heterocycles. The Kier molecular flexibility index (Phi) is 5.73. The van der Waals surface area contributed by atoms with E-state index in [1.54, 1.807) is 18.2 Å². The van der Waals surface area contributed by atoms with Gasteiger partial charge in [0.2, 0.25) is 10.0 Å². The predicted molar refractivity (Wildman–Crippen MR) is 108 cm³/mol. The molecule has 0 aliphatic carbocycles. The third-order valence-electron chi connectivity index (χ3n) is 4.26. The van der Waals surface area contributed by atoms with Crippen LogP contribution in [0.25, 0.3) is 11.0 Å². The second-order valence-corrected chi connectivity index (χ2v) is 9.87. The Morgan fingerprint density at radius 2 is 1.61 bits per heavy atom. The Bertz CT molecular complexity index is 1180. The van der Waals surface area contributed by atoms with Crippen LogP contribution in [0.2, 0.25) is 0 Å². The van der Waals surface area contributed by atoms with Crippen LogP contribution in [0.4, 0.5) is 5.69 Å². The molecule has 3 aromatic rings. The molecule has 10 heteroatoms. The van der Waals surface area contributed by atoms with Crippen molar-refractivity contribution in [3.63, 3.8) is 0 Å². The number of sulfonamides is 2. The maximum atomic E-state index is 12.6. The van der Waals surface area contributed by atoms with Crippen LogP contribution in [-0.4, -0.2) is 33.9 Å². The molecular weight excluding hydrogens is 400 g/mol. The molecule has 1 heterocycles. The molecule has 28 heavy (non-hydrogen) atoms. The zero-order valence-corrected chi connectivity index (χ0v) is 17.2. The van der Waals surface area contributed by atoms with E-state index in [0.717, 1.165) is 36.1 Å². The zero-order valence-electron chi connectivity index (χ0n) is 15.6. The van der Waals surface area contributed by atoms with E-state index in [0.29, 0.717) is 5.69 Å². The highest BCUT2D eigenvalue weighted by Gasteiger charge is 2.17. The van der Waals surface area contributed by atoms with Gasteiger partial charge in [0.15, 0.2) is 0 Å². The summed E-state index contributed by atoms with van der Waals surface area (Å²) in [6.45, 7) is 2.11. The van der Waals surface area contributed by atoms with Gasteiger partial charge in [0.1, 0.15) is 5.82 Å². The van der Waals surface area contributed by atoms with Gasteiger partial charge in [-0.2, -0.15) is 0 Å². The van der Waals surface area contributed by atoms with E-state index < -0.39 is 20.0 Å². The van der Waals surface area contributed by atoms with Crippen molar-refractivity contribution in [2.75, 3.05) is 11.8 Å². The highest BCUT2D eigenvalue weighted by Crippen LogP contribution is 2.22. The first-order valence-corrected chi connectivity index (χ1v) is 11.8. The van der Waals surface area contributed by atoms with Crippen molar-refractivity contribution in [3.8, 4) is 0 Å². The van der Waals surface area contributed by atoms with Crippen LogP contribution in [-0.2, 0) is 26.5 Å². The standard InChI is InChI=1S/C18H22N4O4S2/c1-3-4-5-18-20-16-11-6-13(12-17(16)21-18)22-28(25,26)15-9-7-14(8-10-15)27(23,24)19-2/h6-12,19,22H,3-5H2,1-2H3,(H,20,21). The second-order valence-electron chi connectivity index (χ2n) is 6.30. The first kappa shape index (κ1) is 20.3. The predicted octanol–water partition coefficient (Wildman–Crippen LogP) is 2.61. The molecular formula is C18H22N4O4S2. The molecule has 0 atom stereocenters. The Balaban J connectivity index is 1.83. The number of aromatic nitrogens is 2. The van der Waals surface area contributed by atoms with Crippen LogP contribution in [0.15, 0.2) is 52.3 Å². The molecule has 8 nitrogen and oxygen atoms in total. The first-order valence-electron chi connectivity index (χ1n) is 8.80. The molecule has 0 saturated carbocycles. The lowest BCUT2D eigenvalue weighted by atomic mass is 10.2. The number of fused-ring (bicyclic) bond motifs is 1. The summed E-state index contributed by atoms with van der Waals surface area (Å²) >= 11 is 0. The number of nitrogens with one attached hydrogen (secondary N) is 3. The first-order chi connectivity index (χ1) is 13.2. The monoisotopic (exact) mass is 422 g/mol. The van der Waals surface area contributed by atoms with Gasteiger partial charge in [-0.1, -0.05) is 13.3 Å². The number of unbranched alkanes of at least 4 members (excludes halogenated alkanes) is 1. The molecule has 0 radical (unpaired) electrons. The topological polar surface area (TPSA) is 121 Å². The number of nitrogens with zero attached hydrogens (tertiary/aromatic N) is 1. The van der Waals surface area contributed by atoms with Crippen molar-refractivity contribution >= 4 is 36.8 Å². The van der Waals surface area contributed by atoms with E-state index in [2.05, 4.69) is 26.3 Å². The summed E-state index contributed by atoms with van der Waals surface area (Å²) in [6, 6.07) is 10.1. The Hall–Kier alpha value is -2.43. The van der Waals surface area contributed by atoms with Gasteiger partial charge in [-0.3, -0.25) is 4.72 Å². The lowest BCUT2D eigenvalue weighted by molar-refractivity contribution is 0.587. The van der Waals surface area contributed by atoms with Crippen LogP contribution in [0.5, 0.6) is 0 Å². The number of aromatic amines is 1. The van der Waals surface area contributed by atoms with Gasteiger partial charge in [0, 0.05) is 6.42 Å². The SMILES string of the molecule is CCCCc1nc2ccc(NS(=O)(=O)c3ccc(S(=O)(=O)NC)cc3)cc2[nH]1. The van der Waals surface area contributed by atoms with Crippen molar-refractivity contribution in [2.45, 2.75) is 36.0 Å². The average Bonchev–Trinajstić information content (AvgIpc) is 3.08. The Morgan fingerprint density at radius 3 is 2.21 bits per heavy atom. The van der Waals surface area contributed by atoms with Crippen LogP contribution < -0.4 is 9.44 Å². The number of aryl methyl sites for hydroxylation is 1. The minimum Gasteiger partial charge on any atom is -0.342 e. The molecule has 0 aliphatic heterocycles. The van der Waals surface area contributed by atoms with Crippen LogP contribution in [0.1, 0.15) is 25.6 Å². The number of H-pyrrole nitrogens is 1.